The molecule has 1 aliphatic heterocycles. The van der Waals surface area contributed by atoms with Crippen molar-refractivity contribution >= 4 is 11.8 Å². The highest BCUT2D eigenvalue weighted by Crippen LogP contribution is 2.37. The Morgan fingerprint density at radius 2 is 1.30 bits per heavy atom. The fraction of sp³-hybridized carbons (Fsp3) is 0.556. The van der Waals surface area contributed by atoms with Crippen LogP contribution in [0.25, 0.3) is 0 Å². The maximum atomic E-state index is 2.22. The van der Waals surface area contributed by atoms with Crippen LogP contribution in [0.5, 0.6) is 0 Å². The molecule has 0 amide bonds. The molecule has 0 N–H and O–H groups in total. The summed E-state index contributed by atoms with van der Waals surface area (Å²) in [5.74, 6) is 0. The van der Waals surface area contributed by atoms with Gasteiger partial charge in [-0.2, -0.15) is 0 Å². The molecule has 0 saturated heterocycles. The molecule has 0 aliphatic carbocycles. The third-order valence-electron chi connectivity index (χ3n) is 2.04. The van der Waals surface area contributed by atoms with Crippen molar-refractivity contribution in [2.45, 2.75) is 34.1 Å². The van der Waals surface area contributed by atoms with Crippen molar-refractivity contribution in [3.63, 3.8) is 0 Å². The average Bonchev–Trinajstić information content (AvgIpc) is 1.84. The van der Waals surface area contributed by atoms with Crippen molar-refractivity contribution in [2.24, 2.45) is 0 Å². The van der Waals surface area contributed by atoms with Gasteiger partial charge in [-0.3, -0.25) is 0 Å². The Morgan fingerprint density at radius 3 is 1.60 bits per heavy atom. The Bertz CT molecular complexity index is 165. The van der Waals surface area contributed by atoms with Crippen molar-refractivity contribution in [3.8, 4) is 0 Å². The van der Waals surface area contributed by atoms with Crippen LogP contribution in [0.1, 0.15) is 34.1 Å². The number of allylic oxidation sites excluding steroid dienone is 4. The van der Waals surface area contributed by atoms with Crippen LogP contribution >= 0.6 is 11.8 Å². The predicted octanol–water partition coefficient (Wildman–Crippen LogP) is 3.71. The molecule has 0 aromatic carbocycles. The lowest BCUT2D eigenvalue weighted by Gasteiger charge is -2.16. The molecule has 0 aromatic rings. The van der Waals surface area contributed by atoms with Gasteiger partial charge in [-0.25, -0.2) is 0 Å². The number of hydrogen-bond donors (Lipinski definition) is 0. The summed E-state index contributed by atoms with van der Waals surface area (Å²) in [5, 5.41) is 0. The van der Waals surface area contributed by atoms with Crippen LogP contribution in [-0.4, -0.2) is 0 Å². The van der Waals surface area contributed by atoms with Crippen LogP contribution in [0.4, 0.5) is 0 Å². The zero-order valence-electron chi connectivity index (χ0n) is 7.12. The molecule has 1 rings (SSSR count). The van der Waals surface area contributed by atoms with Gasteiger partial charge in [0.15, 0.2) is 0 Å². The SMILES string of the molecule is CC1=C(C)SC(C)=C(C)C1. The first-order chi connectivity index (χ1) is 4.61. The first kappa shape index (κ1) is 7.93. The highest BCUT2D eigenvalue weighted by Gasteiger charge is 2.09. The second-order valence-electron chi connectivity index (χ2n) is 2.95. The van der Waals surface area contributed by atoms with E-state index in [-0.39, 0.29) is 0 Å². The van der Waals surface area contributed by atoms with Gasteiger partial charge in [0.05, 0.1) is 0 Å². The van der Waals surface area contributed by atoms with Crippen molar-refractivity contribution in [1.29, 1.82) is 0 Å². The third kappa shape index (κ3) is 1.46. The van der Waals surface area contributed by atoms with Gasteiger partial charge in [0.25, 0.3) is 0 Å². The van der Waals surface area contributed by atoms with E-state index in [4.69, 9.17) is 0 Å². The van der Waals surface area contributed by atoms with Gasteiger partial charge in [0, 0.05) is 0 Å². The Balaban J connectivity index is 2.81. The molecule has 0 radical (unpaired) electrons. The van der Waals surface area contributed by atoms with E-state index in [1.54, 1.807) is 0 Å². The second kappa shape index (κ2) is 2.83. The van der Waals surface area contributed by atoms with Gasteiger partial charge < -0.3 is 0 Å². The minimum atomic E-state index is 1.19. The lowest BCUT2D eigenvalue weighted by Crippen LogP contribution is -1.92. The normalized spacial score (nSPS) is 20.4. The van der Waals surface area contributed by atoms with Crippen LogP contribution in [0.15, 0.2) is 21.0 Å². The predicted molar refractivity (Wildman–Crippen MR) is 49.0 cm³/mol. The van der Waals surface area contributed by atoms with Gasteiger partial charge in [0.1, 0.15) is 0 Å². The highest BCUT2D eigenvalue weighted by molar-refractivity contribution is 8.06. The molecule has 1 heteroatoms. The molecule has 0 spiro atoms. The summed E-state index contributed by atoms with van der Waals surface area (Å²) in [4.78, 5) is 2.98. The monoisotopic (exact) mass is 154 g/mol. The lowest BCUT2D eigenvalue weighted by atomic mass is 10.1. The zero-order valence-corrected chi connectivity index (χ0v) is 7.93. The van der Waals surface area contributed by atoms with Crippen LogP contribution in [0.2, 0.25) is 0 Å². The topological polar surface area (TPSA) is 0 Å². The Morgan fingerprint density at radius 1 is 0.900 bits per heavy atom. The van der Waals surface area contributed by atoms with Gasteiger partial charge in [-0.1, -0.05) is 22.9 Å². The summed E-state index contributed by atoms with van der Waals surface area (Å²) in [7, 11) is 0. The molecule has 10 heavy (non-hydrogen) atoms. The summed E-state index contributed by atoms with van der Waals surface area (Å²) >= 11 is 1.92. The molecule has 0 unspecified atom stereocenters. The van der Waals surface area contributed by atoms with E-state index >= 15 is 0 Å². The van der Waals surface area contributed by atoms with Gasteiger partial charge in [-0.15, -0.1) is 0 Å². The van der Waals surface area contributed by atoms with Crippen molar-refractivity contribution in [3.05, 3.63) is 21.0 Å². The smallest absolute Gasteiger partial charge is 0.00922 e. The quantitative estimate of drug-likeness (QED) is 0.512. The molecule has 0 nitrogen and oxygen atoms in total. The summed E-state index contributed by atoms with van der Waals surface area (Å²) < 4.78 is 0. The van der Waals surface area contributed by atoms with E-state index in [9.17, 15) is 0 Å². The second-order valence-corrected chi connectivity index (χ2v) is 4.38. The molecule has 1 aliphatic rings. The summed E-state index contributed by atoms with van der Waals surface area (Å²) in [6.07, 6.45) is 1.19. The van der Waals surface area contributed by atoms with E-state index in [2.05, 4.69) is 27.7 Å². The summed E-state index contributed by atoms with van der Waals surface area (Å²) in [5.41, 5.74) is 3.07. The van der Waals surface area contributed by atoms with Gasteiger partial charge in [0.2, 0.25) is 0 Å². The molecule has 0 bridgehead atoms. The van der Waals surface area contributed by atoms with Gasteiger partial charge in [-0.05, 0) is 43.9 Å². The standard InChI is InChI=1S/C9H14S/c1-6-5-7(2)9(4)10-8(6)3/h5H2,1-4H3. The van der Waals surface area contributed by atoms with Crippen molar-refractivity contribution in [2.75, 3.05) is 0 Å². The fourth-order valence-corrected chi connectivity index (χ4v) is 2.00. The molecule has 1 heterocycles. The number of rotatable bonds is 0. The maximum Gasteiger partial charge on any atom is -0.00922 e. The van der Waals surface area contributed by atoms with E-state index < -0.39 is 0 Å². The van der Waals surface area contributed by atoms with Crippen LogP contribution in [0.3, 0.4) is 0 Å². The minimum Gasteiger partial charge on any atom is -0.0997 e. The first-order valence-corrected chi connectivity index (χ1v) is 4.43. The van der Waals surface area contributed by atoms with Crippen LogP contribution in [0, 0.1) is 0 Å². The maximum absolute atomic E-state index is 2.22. The summed E-state index contributed by atoms with van der Waals surface area (Å²) in [6.45, 7) is 8.85. The average molecular weight is 154 g/mol. The summed E-state index contributed by atoms with van der Waals surface area (Å²) in [6, 6.07) is 0. The van der Waals surface area contributed by atoms with Crippen molar-refractivity contribution < 1.29 is 0 Å². The van der Waals surface area contributed by atoms with Crippen LogP contribution < -0.4 is 0 Å². The van der Waals surface area contributed by atoms with E-state index in [0.717, 1.165) is 0 Å². The zero-order chi connectivity index (χ0) is 7.72. The fourth-order valence-electron chi connectivity index (χ4n) is 1.05. The molecular formula is C9H14S. The highest BCUT2D eigenvalue weighted by atomic mass is 32.2. The van der Waals surface area contributed by atoms with Crippen LogP contribution in [-0.2, 0) is 0 Å². The Kier molecular flexibility index (Phi) is 2.24. The molecule has 56 valence electrons. The molecule has 0 fully saturated rings. The Hall–Kier alpha value is -0.170. The Labute approximate surface area is 67.4 Å². The largest absolute Gasteiger partial charge is 0.0997 e. The first-order valence-electron chi connectivity index (χ1n) is 3.62. The van der Waals surface area contributed by atoms with E-state index in [1.807, 2.05) is 11.8 Å². The molecule has 0 atom stereocenters. The molecule has 0 saturated carbocycles. The number of hydrogen-bond acceptors (Lipinski definition) is 1. The third-order valence-corrected chi connectivity index (χ3v) is 3.35. The van der Waals surface area contributed by atoms with Gasteiger partial charge >= 0.3 is 0 Å². The molecular weight excluding hydrogens is 140 g/mol. The lowest BCUT2D eigenvalue weighted by molar-refractivity contribution is 1.07. The van der Waals surface area contributed by atoms with E-state index in [0.29, 0.717) is 0 Å². The van der Waals surface area contributed by atoms with Crippen molar-refractivity contribution in [1.82, 2.24) is 0 Å². The van der Waals surface area contributed by atoms with E-state index in [1.165, 1.54) is 27.4 Å². The molecule has 0 aromatic heterocycles. The minimum absolute atomic E-state index is 1.19. The number of thioether (sulfide) groups is 1.